The van der Waals surface area contributed by atoms with Gasteiger partial charge in [0.15, 0.2) is 0 Å². The van der Waals surface area contributed by atoms with Crippen LogP contribution in [-0.2, 0) is 26.2 Å². The van der Waals surface area contributed by atoms with E-state index in [1.807, 2.05) is 6.92 Å². The van der Waals surface area contributed by atoms with Gasteiger partial charge in [0.05, 0.1) is 17.0 Å². The lowest BCUT2D eigenvalue weighted by Gasteiger charge is -2.27. The van der Waals surface area contributed by atoms with E-state index in [9.17, 15) is 22.4 Å². The smallest absolute Gasteiger partial charge is 0.252 e. The molecule has 32 heavy (non-hydrogen) atoms. The maximum absolute atomic E-state index is 13.5. The van der Waals surface area contributed by atoms with Gasteiger partial charge in [-0.3, -0.25) is 9.59 Å². The van der Waals surface area contributed by atoms with Gasteiger partial charge < -0.3 is 0 Å². The number of benzene rings is 3. The summed E-state index contributed by atoms with van der Waals surface area (Å²) in [6.07, 6.45) is -0.278. The largest absolute Gasteiger partial charge is 0.274 e. The van der Waals surface area contributed by atoms with E-state index in [4.69, 9.17) is 0 Å². The Morgan fingerprint density at radius 3 is 2.19 bits per heavy atom. The first kappa shape index (κ1) is 21.9. The minimum absolute atomic E-state index is 0.105. The molecule has 164 valence electrons. The van der Waals surface area contributed by atoms with E-state index in [1.165, 1.54) is 0 Å². The molecule has 1 aliphatic heterocycles. The summed E-state index contributed by atoms with van der Waals surface area (Å²) in [4.78, 5) is 27.0. The number of hydrogen-bond acceptors (Lipinski definition) is 4. The van der Waals surface area contributed by atoms with E-state index < -0.39 is 33.7 Å². The summed E-state index contributed by atoms with van der Waals surface area (Å²) >= 11 is 0. The fraction of sp³-hybridized carbons (Fsp3) is 0.167. The molecule has 8 heteroatoms. The number of aryl methyl sites for hydroxylation is 1. The van der Waals surface area contributed by atoms with Crippen LogP contribution in [0.3, 0.4) is 0 Å². The maximum Gasteiger partial charge on any atom is 0.252 e. The van der Waals surface area contributed by atoms with Crippen molar-refractivity contribution in [2.45, 2.75) is 30.8 Å². The Morgan fingerprint density at radius 1 is 0.938 bits per heavy atom. The molecule has 1 saturated heterocycles. The van der Waals surface area contributed by atoms with Gasteiger partial charge in [0, 0.05) is 6.54 Å². The van der Waals surface area contributed by atoms with Gasteiger partial charge in [-0.15, -0.1) is 0 Å². The van der Waals surface area contributed by atoms with E-state index in [-0.39, 0.29) is 17.9 Å². The molecule has 0 saturated carbocycles. The zero-order valence-electron chi connectivity index (χ0n) is 17.3. The molecule has 1 heterocycles. The van der Waals surface area contributed by atoms with Gasteiger partial charge in [-0.2, -0.15) is 4.31 Å². The highest BCUT2D eigenvalue weighted by atomic mass is 32.2. The second-order valence-electron chi connectivity index (χ2n) is 7.61. The molecule has 1 atom stereocenters. The fourth-order valence-electron chi connectivity index (χ4n) is 3.67. The predicted molar refractivity (Wildman–Crippen MR) is 118 cm³/mol. The van der Waals surface area contributed by atoms with Crippen molar-refractivity contribution < 1.29 is 22.4 Å². The Morgan fingerprint density at radius 2 is 1.56 bits per heavy atom. The van der Waals surface area contributed by atoms with Crippen LogP contribution in [0.2, 0.25) is 0 Å². The second kappa shape index (κ2) is 8.64. The van der Waals surface area contributed by atoms with Crippen molar-refractivity contribution in [2.75, 3.05) is 4.90 Å². The van der Waals surface area contributed by atoms with E-state index >= 15 is 0 Å². The zero-order valence-corrected chi connectivity index (χ0v) is 18.1. The summed E-state index contributed by atoms with van der Waals surface area (Å²) in [5, 5.41) is 0. The monoisotopic (exact) mass is 452 g/mol. The normalized spacial score (nSPS) is 16.7. The van der Waals surface area contributed by atoms with Crippen LogP contribution in [-0.4, -0.2) is 30.6 Å². The third kappa shape index (κ3) is 4.19. The number of carbonyl (C=O) groups excluding carboxylic acids is 2. The topological polar surface area (TPSA) is 74.8 Å². The van der Waals surface area contributed by atoms with Gasteiger partial charge in [0.2, 0.25) is 15.9 Å². The predicted octanol–water partition coefficient (Wildman–Crippen LogP) is 3.66. The summed E-state index contributed by atoms with van der Waals surface area (Å²) in [7, 11) is -4.20. The molecule has 3 aromatic rings. The Hall–Kier alpha value is -3.36. The van der Waals surface area contributed by atoms with Crippen LogP contribution in [0.15, 0.2) is 83.8 Å². The van der Waals surface area contributed by atoms with E-state index in [0.29, 0.717) is 11.3 Å². The molecule has 0 aromatic heterocycles. The van der Waals surface area contributed by atoms with Crippen molar-refractivity contribution in [1.82, 2.24) is 4.31 Å². The van der Waals surface area contributed by atoms with Crippen molar-refractivity contribution in [3.8, 4) is 0 Å². The fourth-order valence-corrected chi connectivity index (χ4v) is 5.24. The van der Waals surface area contributed by atoms with Crippen LogP contribution < -0.4 is 4.90 Å². The Kier molecular flexibility index (Phi) is 5.90. The molecule has 0 spiro atoms. The number of amides is 2. The molecule has 6 nitrogen and oxygen atoms in total. The number of hydrogen-bond donors (Lipinski definition) is 0. The maximum atomic E-state index is 13.5. The first-order chi connectivity index (χ1) is 15.3. The van der Waals surface area contributed by atoms with Crippen LogP contribution in [0.5, 0.6) is 0 Å². The number of halogens is 1. The van der Waals surface area contributed by atoms with Crippen molar-refractivity contribution in [3.05, 3.63) is 95.8 Å². The molecule has 0 bridgehead atoms. The summed E-state index contributed by atoms with van der Waals surface area (Å²) in [6.45, 7) is 1.78. The zero-order chi connectivity index (χ0) is 22.9. The minimum atomic E-state index is -4.20. The number of sulfonamides is 1. The standard InChI is InChI=1S/C24H21FN2O4S/c1-17-7-11-20(12-8-17)27-23(28)15-22(24(27)29)26(16-18-5-3-2-4-6-18)32(30,31)21-13-9-19(25)10-14-21/h2-14,22H,15-16H2,1H3. The van der Waals surface area contributed by atoms with Crippen molar-refractivity contribution >= 4 is 27.5 Å². The summed E-state index contributed by atoms with van der Waals surface area (Å²) in [5.41, 5.74) is 2.02. The number of carbonyl (C=O) groups is 2. The first-order valence-corrected chi connectivity index (χ1v) is 11.5. The number of anilines is 1. The van der Waals surface area contributed by atoms with E-state index in [1.54, 1.807) is 54.6 Å². The van der Waals surface area contributed by atoms with Crippen LogP contribution in [0.1, 0.15) is 17.5 Å². The summed E-state index contributed by atoms with van der Waals surface area (Å²) < 4.78 is 41.4. The molecular formula is C24H21FN2O4S. The van der Waals surface area contributed by atoms with Crippen LogP contribution in [0, 0.1) is 12.7 Å². The molecular weight excluding hydrogens is 431 g/mol. The summed E-state index contributed by atoms with van der Waals surface area (Å²) in [6, 6.07) is 18.9. The van der Waals surface area contributed by atoms with Crippen molar-refractivity contribution in [2.24, 2.45) is 0 Å². The Bertz CT molecular complexity index is 1240. The highest BCUT2D eigenvalue weighted by molar-refractivity contribution is 7.89. The van der Waals surface area contributed by atoms with Gasteiger partial charge in [-0.05, 0) is 48.9 Å². The molecule has 1 fully saturated rings. The molecule has 1 aliphatic rings. The number of imide groups is 1. The summed E-state index contributed by atoms with van der Waals surface area (Å²) in [5.74, 6) is -1.66. The third-order valence-corrected chi connectivity index (χ3v) is 7.23. The van der Waals surface area contributed by atoms with E-state index in [2.05, 4.69) is 0 Å². The number of rotatable bonds is 6. The van der Waals surface area contributed by atoms with Crippen LogP contribution in [0.4, 0.5) is 10.1 Å². The number of nitrogens with zero attached hydrogens (tertiary/aromatic N) is 2. The van der Waals surface area contributed by atoms with Crippen molar-refractivity contribution in [3.63, 3.8) is 0 Å². The molecule has 0 N–H and O–H groups in total. The average molecular weight is 453 g/mol. The molecule has 2 amide bonds. The highest BCUT2D eigenvalue weighted by Crippen LogP contribution is 2.30. The second-order valence-corrected chi connectivity index (χ2v) is 9.50. The first-order valence-electron chi connectivity index (χ1n) is 10.0. The lowest BCUT2D eigenvalue weighted by molar-refractivity contribution is -0.122. The van der Waals surface area contributed by atoms with Crippen LogP contribution >= 0.6 is 0 Å². The van der Waals surface area contributed by atoms with Gasteiger partial charge in [-0.25, -0.2) is 17.7 Å². The van der Waals surface area contributed by atoms with Gasteiger partial charge in [0.1, 0.15) is 11.9 Å². The Balaban J connectivity index is 1.74. The molecule has 1 unspecified atom stereocenters. The van der Waals surface area contributed by atoms with Gasteiger partial charge in [0.25, 0.3) is 5.91 Å². The van der Waals surface area contributed by atoms with Gasteiger partial charge in [-0.1, -0.05) is 48.0 Å². The molecule has 4 rings (SSSR count). The molecule has 0 aliphatic carbocycles. The lowest BCUT2D eigenvalue weighted by atomic mass is 10.2. The Labute approximate surface area is 185 Å². The quantitative estimate of drug-likeness (QED) is 0.535. The van der Waals surface area contributed by atoms with Crippen LogP contribution in [0.25, 0.3) is 0 Å². The van der Waals surface area contributed by atoms with Gasteiger partial charge >= 0.3 is 0 Å². The SMILES string of the molecule is Cc1ccc(N2C(=O)CC(N(Cc3ccccc3)S(=O)(=O)c3ccc(F)cc3)C2=O)cc1. The minimum Gasteiger partial charge on any atom is -0.274 e. The van der Waals surface area contributed by atoms with Crippen molar-refractivity contribution in [1.29, 1.82) is 0 Å². The molecule has 0 radical (unpaired) electrons. The van der Waals surface area contributed by atoms with E-state index in [0.717, 1.165) is 39.0 Å². The molecule has 3 aromatic carbocycles. The average Bonchev–Trinajstić information content (AvgIpc) is 3.07. The third-order valence-electron chi connectivity index (χ3n) is 5.36. The lowest BCUT2D eigenvalue weighted by Crippen LogP contribution is -2.45. The highest BCUT2D eigenvalue weighted by Gasteiger charge is 2.46.